The normalized spacial score (nSPS) is 11.3. The highest BCUT2D eigenvalue weighted by molar-refractivity contribution is 6.04. The fraction of sp³-hybridized carbons (Fsp3) is 0.0833. The molecule has 2 aromatic heterocycles. The summed E-state index contributed by atoms with van der Waals surface area (Å²) in [5, 5.41) is 1.94. The number of rotatable bonds is 0. The Morgan fingerprint density at radius 3 is 2.93 bits per heavy atom. The highest BCUT2D eigenvalue weighted by Crippen LogP contribution is 2.24. The van der Waals surface area contributed by atoms with Crippen LogP contribution in [0.2, 0.25) is 0 Å². The minimum Gasteiger partial charge on any atom is -0.421 e. The summed E-state index contributed by atoms with van der Waals surface area (Å²) in [6, 6.07) is 7.57. The first-order chi connectivity index (χ1) is 7.27. The Labute approximate surface area is 85.3 Å². The SMILES string of the molecule is Cc1c[nH]c2c(=O)oc3ccccc3c12. The second-order valence-electron chi connectivity index (χ2n) is 3.61. The summed E-state index contributed by atoms with van der Waals surface area (Å²) in [6.07, 6.45) is 1.83. The minimum absolute atomic E-state index is 0.309. The van der Waals surface area contributed by atoms with Crippen LogP contribution in [0.1, 0.15) is 5.56 Å². The van der Waals surface area contributed by atoms with E-state index >= 15 is 0 Å². The third-order valence-corrected chi connectivity index (χ3v) is 2.64. The number of H-pyrrole nitrogens is 1. The van der Waals surface area contributed by atoms with Gasteiger partial charge in [-0.15, -0.1) is 0 Å². The molecular weight excluding hydrogens is 190 g/mol. The van der Waals surface area contributed by atoms with Gasteiger partial charge < -0.3 is 9.40 Å². The standard InChI is InChI=1S/C12H9NO2/c1-7-6-13-11-10(7)8-4-2-3-5-9(8)15-12(11)14/h2-6,13H,1H3. The molecule has 0 spiro atoms. The number of para-hydroxylation sites is 1. The minimum atomic E-state index is -0.309. The Balaban J connectivity index is 2.74. The van der Waals surface area contributed by atoms with Crippen molar-refractivity contribution in [2.75, 3.05) is 0 Å². The number of hydrogen-bond donors (Lipinski definition) is 1. The summed E-state index contributed by atoms with van der Waals surface area (Å²) in [5.74, 6) is 0. The van der Waals surface area contributed by atoms with Crippen LogP contribution in [-0.2, 0) is 0 Å². The number of benzene rings is 1. The van der Waals surface area contributed by atoms with Crippen molar-refractivity contribution in [2.24, 2.45) is 0 Å². The summed E-state index contributed by atoms with van der Waals surface area (Å²) in [6.45, 7) is 1.98. The van der Waals surface area contributed by atoms with E-state index in [1.807, 2.05) is 37.4 Å². The zero-order valence-corrected chi connectivity index (χ0v) is 8.20. The van der Waals surface area contributed by atoms with Gasteiger partial charge in [0.25, 0.3) is 0 Å². The van der Waals surface area contributed by atoms with E-state index in [0.29, 0.717) is 11.1 Å². The smallest absolute Gasteiger partial charge is 0.360 e. The van der Waals surface area contributed by atoms with Crippen molar-refractivity contribution in [3.63, 3.8) is 0 Å². The lowest BCUT2D eigenvalue weighted by Crippen LogP contribution is -1.99. The summed E-state index contributed by atoms with van der Waals surface area (Å²) >= 11 is 0. The lowest BCUT2D eigenvalue weighted by atomic mass is 10.1. The number of aromatic nitrogens is 1. The van der Waals surface area contributed by atoms with Crippen LogP contribution in [0.25, 0.3) is 21.9 Å². The van der Waals surface area contributed by atoms with Crippen molar-refractivity contribution in [3.8, 4) is 0 Å². The Morgan fingerprint density at radius 1 is 1.27 bits per heavy atom. The molecule has 0 saturated carbocycles. The summed E-state index contributed by atoms with van der Waals surface area (Å²) in [7, 11) is 0. The van der Waals surface area contributed by atoms with Crippen molar-refractivity contribution < 1.29 is 4.42 Å². The first kappa shape index (κ1) is 8.29. The molecule has 2 heterocycles. The van der Waals surface area contributed by atoms with Gasteiger partial charge in [-0.25, -0.2) is 4.79 Å². The van der Waals surface area contributed by atoms with Crippen molar-refractivity contribution >= 4 is 21.9 Å². The highest BCUT2D eigenvalue weighted by atomic mass is 16.4. The van der Waals surface area contributed by atoms with Crippen LogP contribution in [0.5, 0.6) is 0 Å². The zero-order valence-electron chi connectivity index (χ0n) is 8.20. The Bertz CT molecular complexity index is 706. The molecule has 15 heavy (non-hydrogen) atoms. The number of aryl methyl sites for hydroxylation is 1. The summed E-state index contributed by atoms with van der Waals surface area (Å²) < 4.78 is 5.20. The molecule has 3 rings (SSSR count). The number of hydrogen-bond acceptors (Lipinski definition) is 2. The highest BCUT2D eigenvalue weighted by Gasteiger charge is 2.09. The van der Waals surface area contributed by atoms with Crippen LogP contribution in [0.3, 0.4) is 0 Å². The number of aromatic amines is 1. The van der Waals surface area contributed by atoms with Gasteiger partial charge in [0.2, 0.25) is 0 Å². The molecule has 0 aliphatic heterocycles. The predicted octanol–water partition coefficient (Wildman–Crippen LogP) is 2.58. The van der Waals surface area contributed by atoms with E-state index in [0.717, 1.165) is 16.3 Å². The molecule has 0 fully saturated rings. The van der Waals surface area contributed by atoms with Crippen molar-refractivity contribution in [2.45, 2.75) is 6.92 Å². The molecule has 0 unspecified atom stereocenters. The van der Waals surface area contributed by atoms with Gasteiger partial charge in [0.15, 0.2) is 0 Å². The first-order valence-corrected chi connectivity index (χ1v) is 4.77. The predicted molar refractivity (Wildman–Crippen MR) is 59.1 cm³/mol. The van der Waals surface area contributed by atoms with E-state index in [4.69, 9.17) is 4.42 Å². The molecule has 3 heteroatoms. The molecule has 0 radical (unpaired) electrons. The van der Waals surface area contributed by atoms with E-state index in [2.05, 4.69) is 4.98 Å². The summed E-state index contributed by atoms with van der Waals surface area (Å²) in [5.41, 5.74) is 1.94. The van der Waals surface area contributed by atoms with Crippen LogP contribution in [-0.4, -0.2) is 4.98 Å². The molecule has 0 aliphatic rings. The molecule has 74 valence electrons. The number of fused-ring (bicyclic) bond motifs is 3. The summed E-state index contributed by atoms with van der Waals surface area (Å²) in [4.78, 5) is 14.6. The molecule has 1 aromatic carbocycles. The van der Waals surface area contributed by atoms with E-state index in [1.165, 1.54) is 0 Å². The molecule has 0 saturated heterocycles. The molecule has 1 N–H and O–H groups in total. The van der Waals surface area contributed by atoms with Crippen molar-refractivity contribution in [1.82, 2.24) is 4.98 Å². The lowest BCUT2D eigenvalue weighted by molar-refractivity contribution is 0.568. The van der Waals surface area contributed by atoms with Crippen LogP contribution in [0.15, 0.2) is 39.7 Å². The quantitative estimate of drug-likeness (QED) is 0.565. The molecule has 3 nitrogen and oxygen atoms in total. The molecule has 0 amide bonds. The second kappa shape index (κ2) is 2.73. The molecule has 0 aliphatic carbocycles. The molecule has 3 aromatic rings. The maximum atomic E-state index is 11.6. The van der Waals surface area contributed by atoms with Crippen LogP contribution in [0, 0.1) is 6.92 Å². The van der Waals surface area contributed by atoms with Gasteiger partial charge >= 0.3 is 5.63 Å². The third-order valence-electron chi connectivity index (χ3n) is 2.64. The maximum absolute atomic E-state index is 11.6. The van der Waals surface area contributed by atoms with Crippen LogP contribution in [0.4, 0.5) is 0 Å². The van der Waals surface area contributed by atoms with Crippen LogP contribution >= 0.6 is 0 Å². The Kier molecular flexibility index (Phi) is 1.51. The zero-order chi connectivity index (χ0) is 10.4. The maximum Gasteiger partial charge on any atom is 0.360 e. The molecule has 0 atom stereocenters. The molecule has 0 bridgehead atoms. The van der Waals surface area contributed by atoms with Gasteiger partial charge in [-0.1, -0.05) is 18.2 Å². The first-order valence-electron chi connectivity index (χ1n) is 4.77. The Morgan fingerprint density at radius 2 is 2.07 bits per heavy atom. The average molecular weight is 199 g/mol. The fourth-order valence-electron chi connectivity index (χ4n) is 1.94. The second-order valence-corrected chi connectivity index (χ2v) is 3.61. The van der Waals surface area contributed by atoms with Gasteiger partial charge in [0.05, 0.1) is 0 Å². The van der Waals surface area contributed by atoms with Gasteiger partial charge in [-0.2, -0.15) is 0 Å². The van der Waals surface area contributed by atoms with Gasteiger partial charge in [-0.3, -0.25) is 0 Å². The monoisotopic (exact) mass is 199 g/mol. The van der Waals surface area contributed by atoms with Crippen LogP contribution < -0.4 is 5.63 Å². The van der Waals surface area contributed by atoms with E-state index in [1.54, 1.807) is 0 Å². The third kappa shape index (κ3) is 1.03. The fourth-order valence-corrected chi connectivity index (χ4v) is 1.94. The largest absolute Gasteiger partial charge is 0.421 e. The number of nitrogens with one attached hydrogen (secondary N) is 1. The Hall–Kier alpha value is -2.03. The van der Waals surface area contributed by atoms with Gasteiger partial charge in [0, 0.05) is 17.0 Å². The topological polar surface area (TPSA) is 46.0 Å². The van der Waals surface area contributed by atoms with Crippen molar-refractivity contribution in [1.29, 1.82) is 0 Å². The van der Waals surface area contributed by atoms with E-state index in [9.17, 15) is 4.79 Å². The molecular formula is C12H9NO2. The van der Waals surface area contributed by atoms with E-state index in [-0.39, 0.29) is 5.63 Å². The lowest BCUT2D eigenvalue weighted by Gasteiger charge is -1.98. The van der Waals surface area contributed by atoms with Gasteiger partial charge in [-0.05, 0) is 18.6 Å². The average Bonchev–Trinajstić information content (AvgIpc) is 2.62. The van der Waals surface area contributed by atoms with E-state index < -0.39 is 0 Å². The van der Waals surface area contributed by atoms with Crippen molar-refractivity contribution in [3.05, 3.63) is 46.4 Å². The van der Waals surface area contributed by atoms with Gasteiger partial charge in [0.1, 0.15) is 11.1 Å².